The van der Waals surface area contributed by atoms with Crippen LogP contribution in [0.5, 0.6) is 0 Å². The number of hydrogen-bond donors (Lipinski definition) is 0. The van der Waals surface area contributed by atoms with E-state index < -0.39 is 9.84 Å². The van der Waals surface area contributed by atoms with E-state index in [0.29, 0.717) is 41.2 Å². The molecular weight excluding hydrogens is 530 g/mol. The molecule has 0 amide bonds. The Bertz CT molecular complexity index is 1270. The smallest absolute Gasteiger partial charge is 0.148 e. The fraction of sp³-hybridized carbons (Fsp3) is 0.308. The van der Waals surface area contributed by atoms with Gasteiger partial charge in [0, 0.05) is 48.4 Å². The van der Waals surface area contributed by atoms with Crippen molar-refractivity contribution in [1.29, 1.82) is 0 Å². The molecule has 1 aliphatic heterocycles. The minimum atomic E-state index is -3.24. The van der Waals surface area contributed by atoms with Gasteiger partial charge in [-0.2, -0.15) is 0 Å². The zero-order valence-corrected chi connectivity index (χ0v) is 22.3. The summed E-state index contributed by atoms with van der Waals surface area (Å²) in [6.07, 6.45) is 1.24. The van der Waals surface area contributed by atoms with Crippen molar-refractivity contribution in [1.82, 2.24) is 4.90 Å². The van der Waals surface area contributed by atoms with E-state index in [1.807, 2.05) is 36.4 Å². The minimum Gasteiger partial charge on any atom is -0.361 e. The summed E-state index contributed by atoms with van der Waals surface area (Å²) >= 11 is 18.8. The van der Waals surface area contributed by atoms with Gasteiger partial charge in [-0.25, -0.2) is 12.8 Å². The molecule has 0 aliphatic carbocycles. The highest BCUT2D eigenvalue weighted by atomic mass is 35.5. The predicted molar refractivity (Wildman–Crippen MR) is 143 cm³/mol. The van der Waals surface area contributed by atoms with Crippen molar-refractivity contribution in [3.8, 4) is 0 Å². The first-order chi connectivity index (χ1) is 16.6. The highest BCUT2D eigenvalue weighted by Crippen LogP contribution is 2.37. The van der Waals surface area contributed by atoms with Gasteiger partial charge < -0.3 is 4.90 Å². The largest absolute Gasteiger partial charge is 0.361 e. The molecule has 1 heterocycles. The van der Waals surface area contributed by atoms with Crippen LogP contribution in [-0.2, 0) is 9.84 Å². The molecule has 2 atom stereocenters. The average molecular weight is 556 g/mol. The van der Waals surface area contributed by atoms with Gasteiger partial charge in [-0.1, -0.05) is 59.1 Å². The van der Waals surface area contributed by atoms with Crippen LogP contribution in [0, 0.1) is 5.82 Å². The third-order valence-corrected chi connectivity index (χ3v) is 8.06. The molecule has 186 valence electrons. The van der Waals surface area contributed by atoms with Crippen molar-refractivity contribution < 1.29 is 12.8 Å². The molecule has 1 aliphatic rings. The lowest BCUT2D eigenvalue weighted by atomic mass is 9.97. The van der Waals surface area contributed by atoms with Crippen molar-refractivity contribution in [2.24, 2.45) is 0 Å². The van der Waals surface area contributed by atoms with Gasteiger partial charge in [-0.3, -0.25) is 4.90 Å². The van der Waals surface area contributed by atoms with Crippen LogP contribution in [0.25, 0.3) is 0 Å². The molecule has 35 heavy (non-hydrogen) atoms. The number of halogens is 4. The predicted octanol–water partition coefficient (Wildman–Crippen LogP) is 6.48. The molecule has 0 bridgehead atoms. The molecule has 1 saturated heterocycles. The number of rotatable bonds is 7. The summed E-state index contributed by atoms with van der Waals surface area (Å²) < 4.78 is 37.9. The summed E-state index contributed by atoms with van der Waals surface area (Å²) in [4.78, 5) is 4.51. The quantitative estimate of drug-likeness (QED) is 0.335. The maximum absolute atomic E-state index is 13.5. The number of anilines is 1. The number of benzene rings is 3. The zero-order chi connectivity index (χ0) is 25.2. The van der Waals surface area contributed by atoms with Crippen LogP contribution in [0.3, 0.4) is 0 Å². The maximum Gasteiger partial charge on any atom is 0.148 e. The fourth-order valence-electron chi connectivity index (χ4n) is 4.64. The molecule has 9 heteroatoms. The third-order valence-electron chi connectivity index (χ3n) is 6.26. The van der Waals surface area contributed by atoms with Crippen molar-refractivity contribution in [2.75, 3.05) is 43.1 Å². The molecule has 0 N–H and O–H groups in total. The summed E-state index contributed by atoms with van der Waals surface area (Å²) in [5, 5.41) is 1.80. The van der Waals surface area contributed by atoms with Crippen molar-refractivity contribution in [3.05, 3.63) is 98.7 Å². The van der Waals surface area contributed by atoms with Crippen LogP contribution in [0.1, 0.15) is 23.1 Å². The standard InChI is InChI=1S/C26H26Cl3FN2O2S/c1-35(33,34)17-20(18-4-9-23(30)10-5-18)15-31-12-13-32(25-11-8-22(28)14-24(25)29)26(16-31)19-2-6-21(27)7-3-19/h2-11,14,20,26H,12-13,15-17H2,1H3/t20-,26+/m1/s1. The number of nitrogens with zero attached hydrogens (tertiary/aromatic N) is 2. The molecule has 0 radical (unpaired) electrons. The van der Waals surface area contributed by atoms with Crippen molar-refractivity contribution in [3.63, 3.8) is 0 Å². The van der Waals surface area contributed by atoms with Gasteiger partial charge >= 0.3 is 0 Å². The van der Waals surface area contributed by atoms with Crippen LogP contribution < -0.4 is 4.90 Å². The summed E-state index contributed by atoms with van der Waals surface area (Å²) in [6, 6.07) is 19.3. The monoisotopic (exact) mass is 554 g/mol. The SMILES string of the molecule is CS(=O)(=O)C[C@@H](CN1CCN(c2ccc(Cl)cc2Cl)[C@H](c2ccc(Cl)cc2)C1)c1ccc(F)cc1. The second-order valence-corrected chi connectivity index (χ2v) is 12.4. The Morgan fingerprint density at radius 2 is 1.60 bits per heavy atom. The van der Waals surface area contributed by atoms with Gasteiger partial charge in [0.15, 0.2) is 0 Å². The molecule has 4 rings (SSSR count). The van der Waals surface area contributed by atoms with Crippen molar-refractivity contribution in [2.45, 2.75) is 12.0 Å². The van der Waals surface area contributed by atoms with E-state index in [-0.39, 0.29) is 23.5 Å². The van der Waals surface area contributed by atoms with E-state index in [0.717, 1.165) is 16.8 Å². The van der Waals surface area contributed by atoms with Crippen molar-refractivity contribution >= 4 is 50.3 Å². The van der Waals surface area contributed by atoms with Crippen LogP contribution in [0.2, 0.25) is 15.1 Å². The van der Waals surface area contributed by atoms with Gasteiger partial charge in [-0.05, 0) is 53.6 Å². The topological polar surface area (TPSA) is 40.6 Å². The summed E-state index contributed by atoms with van der Waals surface area (Å²) in [5.74, 6) is -0.627. The lowest BCUT2D eigenvalue weighted by Crippen LogP contribution is -2.50. The normalized spacial score (nSPS) is 18.0. The first-order valence-electron chi connectivity index (χ1n) is 11.2. The Morgan fingerprint density at radius 3 is 2.23 bits per heavy atom. The molecule has 3 aromatic carbocycles. The molecule has 1 fully saturated rings. The van der Waals surface area contributed by atoms with Crippen LogP contribution >= 0.6 is 34.8 Å². The fourth-order valence-corrected chi connectivity index (χ4v) is 6.32. The van der Waals surface area contributed by atoms with Gasteiger partial charge in [0.2, 0.25) is 0 Å². The average Bonchev–Trinajstić information content (AvgIpc) is 2.79. The molecular formula is C26H26Cl3FN2O2S. The molecule has 0 saturated carbocycles. The van der Waals surface area contributed by atoms with Gasteiger partial charge in [-0.15, -0.1) is 0 Å². The summed E-state index contributed by atoms with van der Waals surface area (Å²) in [7, 11) is -3.24. The number of hydrogen-bond acceptors (Lipinski definition) is 4. The number of piperazine rings is 1. The van der Waals surface area contributed by atoms with E-state index in [1.54, 1.807) is 18.2 Å². The van der Waals surface area contributed by atoms with E-state index in [4.69, 9.17) is 34.8 Å². The highest BCUT2D eigenvalue weighted by molar-refractivity contribution is 7.90. The third kappa shape index (κ3) is 6.89. The first kappa shape index (κ1) is 26.2. The molecule has 3 aromatic rings. The first-order valence-corrected chi connectivity index (χ1v) is 14.4. The van der Waals surface area contributed by atoms with Crippen LogP contribution in [0.4, 0.5) is 10.1 Å². The summed E-state index contributed by atoms with van der Waals surface area (Å²) in [6.45, 7) is 2.58. The van der Waals surface area contributed by atoms with Gasteiger partial charge in [0.05, 0.1) is 22.5 Å². The molecule has 0 spiro atoms. The van der Waals surface area contributed by atoms with Gasteiger partial charge in [0.25, 0.3) is 0 Å². The van der Waals surface area contributed by atoms with E-state index in [2.05, 4.69) is 9.80 Å². The van der Waals surface area contributed by atoms with E-state index in [1.165, 1.54) is 18.4 Å². The van der Waals surface area contributed by atoms with E-state index in [9.17, 15) is 12.8 Å². The lowest BCUT2D eigenvalue weighted by Gasteiger charge is -2.44. The Kier molecular flexibility index (Phi) is 8.29. The molecule has 4 nitrogen and oxygen atoms in total. The molecule has 0 unspecified atom stereocenters. The van der Waals surface area contributed by atoms with Gasteiger partial charge in [0.1, 0.15) is 15.7 Å². The van der Waals surface area contributed by atoms with Crippen LogP contribution in [-0.4, -0.2) is 51.5 Å². The number of sulfone groups is 1. The Morgan fingerprint density at radius 1 is 0.943 bits per heavy atom. The molecule has 0 aromatic heterocycles. The Balaban J connectivity index is 1.63. The second kappa shape index (κ2) is 11.1. The zero-order valence-electron chi connectivity index (χ0n) is 19.2. The summed E-state index contributed by atoms with van der Waals surface area (Å²) in [5.41, 5.74) is 2.77. The van der Waals surface area contributed by atoms with Crippen LogP contribution in [0.15, 0.2) is 66.7 Å². The highest BCUT2D eigenvalue weighted by Gasteiger charge is 2.31. The Hall–Kier alpha value is -1.83. The second-order valence-electron chi connectivity index (χ2n) is 8.96. The minimum absolute atomic E-state index is 0.00648. The lowest BCUT2D eigenvalue weighted by molar-refractivity contribution is 0.214. The Labute approximate surface area is 221 Å². The van der Waals surface area contributed by atoms with E-state index >= 15 is 0 Å². The maximum atomic E-state index is 13.5.